The van der Waals surface area contributed by atoms with Gasteiger partial charge in [-0.15, -0.1) is 0 Å². The van der Waals surface area contributed by atoms with Crippen molar-refractivity contribution in [1.82, 2.24) is 5.32 Å². The average molecular weight is 800 g/mol. The number of rotatable bonds is 43. The maximum Gasteiger partial charge on any atom is 0.306 e. The van der Waals surface area contributed by atoms with Crippen LogP contribution in [0.2, 0.25) is 0 Å². The first-order chi connectivity index (χ1) is 28.0. The van der Waals surface area contributed by atoms with Gasteiger partial charge in [-0.05, 0) is 63.9 Å². The summed E-state index contributed by atoms with van der Waals surface area (Å²) < 4.78 is 5.80. The van der Waals surface area contributed by atoms with E-state index in [1.165, 1.54) is 135 Å². The molecule has 0 rings (SSSR count). The maximum atomic E-state index is 13.1. The van der Waals surface area contributed by atoms with Gasteiger partial charge in [-0.2, -0.15) is 0 Å². The molecule has 0 aromatic heterocycles. The van der Waals surface area contributed by atoms with E-state index in [1.54, 1.807) is 0 Å². The molecule has 57 heavy (non-hydrogen) atoms. The van der Waals surface area contributed by atoms with E-state index in [1.807, 2.05) is 12.2 Å². The number of unbranched alkanes of at least 4 members (excludes halogenated alkanes) is 26. The highest BCUT2D eigenvalue weighted by atomic mass is 16.5. The first kappa shape index (κ1) is 54.8. The van der Waals surface area contributed by atoms with Crippen LogP contribution >= 0.6 is 0 Å². The van der Waals surface area contributed by atoms with Gasteiger partial charge in [0, 0.05) is 6.42 Å². The predicted octanol–water partition coefficient (Wildman–Crippen LogP) is 14.3. The molecule has 0 bridgehead atoms. The summed E-state index contributed by atoms with van der Waals surface area (Å²) in [5.74, 6) is -0.633. The van der Waals surface area contributed by atoms with Crippen LogP contribution in [0.1, 0.15) is 239 Å². The highest BCUT2D eigenvalue weighted by molar-refractivity contribution is 5.78. The minimum absolute atomic E-state index is 0.0390. The van der Waals surface area contributed by atoms with Crippen LogP contribution in [0.4, 0.5) is 0 Å². The molecular formula is C51H93NO5. The maximum absolute atomic E-state index is 13.1. The fourth-order valence-corrected chi connectivity index (χ4v) is 7.15. The lowest BCUT2D eigenvalue weighted by atomic mass is 10.0. The van der Waals surface area contributed by atoms with Gasteiger partial charge in [-0.1, -0.05) is 211 Å². The van der Waals surface area contributed by atoms with Crippen molar-refractivity contribution in [3.8, 4) is 0 Å². The van der Waals surface area contributed by atoms with E-state index in [0.717, 1.165) is 57.8 Å². The molecule has 1 amide bonds. The molecule has 0 aliphatic rings. The molecule has 6 heteroatoms. The van der Waals surface area contributed by atoms with Gasteiger partial charge in [0.25, 0.3) is 0 Å². The molecule has 0 fully saturated rings. The molecular weight excluding hydrogens is 707 g/mol. The monoisotopic (exact) mass is 800 g/mol. The standard InChI is InChI=1S/C51H93NO5/c1-4-7-10-13-16-19-22-23-24-25-26-29-32-35-38-41-44-51(56)57-47(42-39-36-33-30-27-20-17-14-11-8-5-2)45-50(55)52-48(46-53)49(54)43-40-37-34-31-28-21-18-15-12-9-6-3/h24-26,29-30,33,39,42,47-49,53-54H,4-23,27-28,31-32,34-38,40-41,43-46H2,1-3H3,(H,52,55)/b25-24+,29-26+,33-30-,42-39+. The Bertz CT molecular complexity index is 988. The molecule has 0 aliphatic heterocycles. The van der Waals surface area contributed by atoms with Crippen LogP contribution in [-0.2, 0) is 14.3 Å². The molecule has 0 saturated heterocycles. The summed E-state index contributed by atoms with van der Waals surface area (Å²) in [6.07, 6.45) is 53.4. The van der Waals surface area contributed by atoms with E-state index in [-0.39, 0.29) is 24.9 Å². The number of ether oxygens (including phenoxy) is 1. The van der Waals surface area contributed by atoms with E-state index in [4.69, 9.17) is 4.74 Å². The van der Waals surface area contributed by atoms with Crippen molar-refractivity contribution in [2.45, 2.75) is 257 Å². The summed E-state index contributed by atoms with van der Waals surface area (Å²) in [5.41, 5.74) is 0. The Kier molecular flexibility index (Phi) is 43.2. The smallest absolute Gasteiger partial charge is 0.306 e. The van der Waals surface area contributed by atoms with Crippen molar-refractivity contribution < 1.29 is 24.5 Å². The summed E-state index contributed by atoms with van der Waals surface area (Å²) in [4.78, 5) is 26.0. The summed E-state index contributed by atoms with van der Waals surface area (Å²) in [5, 5.41) is 23.6. The van der Waals surface area contributed by atoms with Crippen molar-refractivity contribution in [2.24, 2.45) is 0 Å². The predicted molar refractivity (Wildman–Crippen MR) is 245 cm³/mol. The SMILES string of the molecule is CCCCCCCC/C=C\C/C=C/C(CC(=O)NC(CO)C(O)CCCCCCCCCCCCC)OC(=O)CCCCC/C=C/C=C/CCCCCCCCC. The van der Waals surface area contributed by atoms with Gasteiger partial charge in [0.1, 0.15) is 6.10 Å². The third-order valence-corrected chi connectivity index (χ3v) is 10.9. The molecule has 0 aromatic carbocycles. The Morgan fingerprint density at radius 2 is 0.982 bits per heavy atom. The van der Waals surface area contributed by atoms with E-state index in [0.29, 0.717) is 19.3 Å². The van der Waals surface area contributed by atoms with Crippen LogP contribution in [-0.4, -0.2) is 46.9 Å². The number of aliphatic hydroxyl groups is 2. The van der Waals surface area contributed by atoms with Gasteiger partial charge in [0.2, 0.25) is 5.91 Å². The molecule has 332 valence electrons. The summed E-state index contributed by atoms with van der Waals surface area (Å²) in [7, 11) is 0. The Balaban J connectivity index is 4.68. The third-order valence-electron chi connectivity index (χ3n) is 10.9. The fourth-order valence-electron chi connectivity index (χ4n) is 7.15. The number of nitrogens with one attached hydrogen (secondary N) is 1. The molecule has 6 nitrogen and oxygen atoms in total. The largest absolute Gasteiger partial charge is 0.458 e. The Hall–Kier alpha value is -2.18. The van der Waals surface area contributed by atoms with Gasteiger partial charge < -0.3 is 20.3 Å². The fraction of sp³-hybridized carbons (Fsp3) is 0.804. The second kappa shape index (κ2) is 44.9. The molecule has 0 heterocycles. The Labute approximate surface area is 353 Å². The Morgan fingerprint density at radius 3 is 1.47 bits per heavy atom. The van der Waals surface area contributed by atoms with E-state index >= 15 is 0 Å². The number of carbonyl (C=O) groups excluding carboxylic acids is 2. The van der Waals surface area contributed by atoms with Gasteiger partial charge in [0.15, 0.2) is 0 Å². The second-order valence-corrected chi connectivity index (χ2v) is 16.5. The van der Waals surface area contributed by atoms with Crippen LogP contribution in [0.5, 0.6) is 0 Å². The molecule has 0 saturated carbocycles. The van der Waals surface area contributed by atoms with Crippen molar-refractivity contribution >= 4 is 11.9 Å². The lowest BCUT2D eigenvalue weighted by Crippen LogP contribution is -2.46. The van der Waals surface area contributed by atoms with E-state index < -0.39 is 18.2 Å². The van der Waals surface area contributed by atoms with Gasteiger partial charge in [-0.3, -0.25) is 9.59 Å². The minimum atomic E-state index is -0.813. The normalized spacial score (nSPS) is 13.7. The van der Waals surface area contributed by atoms with Crippen LogP contribution in [0.3, 0.4) is 0 Å². The van der Waals surface area contributed by atoms with Gasteiger partial charge in [0.05, 0.1) is 25.2 Å². The Morgan fingerprint density at radius 1 is 0.544 bits per heavy atom. The first-order valence-electron chi connectivity index (χ1n) is 24.4. The third kappa shape index (κ3) is 40.4. The van der Waals surface area contributed by atoms with Crippen LogP contribution < -0.4 is 5.32 Å². The molecule has 3 unspecified atom stereocenters. The summed E-state index contributed by atoms with van der Waals surface area (Å²) in [6, 6.07) is -0.736. The number of hydrogen-bond donors (Lipinski definition) is 3. The number of allylic oxidation sites excluding steroid dienone is 7. The molecule has 0 spiro atoms. The number of hydrogen-bond acceptors (Lipinski definition) is 5. The van der Waals surface area contributed by atoms with Crippen molar-refractivity contribution in [1.29, 1.82) is 0 Å². The van der Waals surface area contributed by atoms with Crippen molar-refractivity contribution in [3.05, 3.63) is 48.6 Å². The average Bonchev–Trinajstić information content (AvgIpc) is 3.20. The van der Waals surface area contributed by atoms with Crippen molar-refractivity contribution in [2.75, 3.05) is 6.61 Å². The zero-order valence-corrected chi connectivity index (χ0v) is 37.7. The topological polar surface area (TPSA) is 95.9 Å². The van der Waals surface area contributed by atoms with Crippen LogP contribution in [0.25, 0.3) is 0 Å². The molecule has 0 aliphatic carbocycles. The van der Waals surface area contributed by atoms with E-state index in [2.05, 4.69) is 62.5 Å². The lowest BCUT2D eigenvalue weighted by Gasteiger charge is -2.23. The van der Waals surface area contributed by atoms with Crippen LogP contribution in [0, 0.1) is 0 Å². The van der Waals surface area contributed by atoms with Gasteiger partial charge >= 0.3 is 5.97 Å². The highest BCUT2D eigenvalue weighted by Gasteiger charge is 2.23. The summed E-state index contributed by atoms with van der Waals surface area (Å²) in [6.45, 7) is 6.42. The zero-order valence-electron chi connectivity index (χ0n) is 37.7. The second-order valence-electron chi connectivity index (χ2n) is 16.5. The molecule has 3 atom stereocenters. The molecule has 0 aromatic rings. The van der Waals surface area contributed by atoms with Crippen LogP contribution in [0.15, 0.2) is 48.6 Å². The molecule has 0 radical (unpaired) electrons. The minimum Gasteiger partial charge on any atom is -0.458 e. The summed E-state index contributed by atoms with van der Waals surface area (Å²) >= 11 is 0. The highest BCUT2D eigenvalue weighted by Crippen LogP contribution is 2.15. The number of aliphatic hydroxyl groups excluding tert-OH is 2. The van der Waals surface area contributed by atoms with Crippen molar-refractivity contribution in [3.63, 3.8) is 0 Å². The zero-order chi connectivity index (χ0) is 41.7. The number of amides is 1. The molecule has 3 N–H and O–H groups in total. The van der Waals surface area contributed by atoms with E-state index in [9.17, 15) is 19.8 Å². The van der Waals surface area contributed by atoms with Gasteiger partial charge in [-0.25, -0.2) is 0 Å². The lowest BCUT2D eigenvalue weighted by molar-refractivity contribution is -0.148. The first-order valence-corrected chi connectivity index (χ1v) is 24.4. The number of carbonyl (C=O) groups is 2. The quantitative estimate of drug-likeness (QED) is 0.0247. The number of esters is 1.